The number of carbonyl (C=O) groups excluding carboxylic acids is 1. The summed E-state index contributed by atoms with van der Waals surface area (Å²) in [5.41, 5.74) is 3.77. The minimum absolute atomic E-state index is 0.124. The number of nitrogens with zero attached hydrogens (tertiary/aromatic N) is 1. The zero-order valence-electron chi connectivity index (χ0n) is 15.3. The van der Waals surface area contributed by atoms with Crippen LogP contribution in [0.25, 0.3) is 0 Å². The van der Waals surface area contributed by atoms with E-state index in [9.17, 15) is 4.79 Å². The first-order valence-corrected chi connectivity index (χ1v) is 8.98. The molecular weight excluding hydrogens is 326 g/mol. The number of anilines is 1. The van der Waals surface area contributed by atoms with E-state index in [-0.39, 0.29) is 12.0 Å². The molecule has 0 unspecified atom stereocenters. The molecule has 0 bridgehead atoms. The lowest BCUT2D eigenvalue weighted by molar-refractivity contribution is 0.0975. The highest BCUT2D eigenvalue weighted by Gasteiger charge is 2.16. The van der Waals surface area contributed by atoms with Crippen LogP contribution in [0.4, 0.5) is 5.69 Å². The number of carbonyl (C=O) groups is 1. The van der Waals surface area contributed by atoms with Gasteiger partial charge in [0.1, 0.15) is 0 Å². The Bertz CT molecular complexity index is 781. The van der Waals surface area contributed by atoms with Gasteiger partial charge < -0.3 is 10.1 Å². The van der Waals surface area contributed by atoms with Gasteiger partial charge in [0, 0.05) is 17.9 Å². The topological polar surface area (TPSA) is 62.7 Å². The quantitative estimate of drug-likeness (QED) is 0.652. The summed E-state index contributed by atoms with van der Waals surface area (Å²) >= 11 is 0. The van der Waals surface area contributed by atoms with E-state index >= 15 is 0 Å². The Kier molecular flexibility index (Phi) is 6.02. The van der Waals surface area contributed by atoms with Gasteiger partial charge in [-0.05, 0) is 56.0 Å². The van der Waals surface area contributed by atoms with Gasteiger partial charge in [0.2, 0.25) is 5.96 Å². The van der Waals surface area contributed by atoms with Gasteiger partial charge in [-0.3, -0.25) is 10.1 Å². The van der Waals surface area contributed by atoms with Crippen molar-refractivity contribution in [3.63, 3.8) is 0 Å². The molecule has 0 aliphatic carbocycles. The zero-order valence-corrected chi connectivity index (χ0v) is 15.3. The molecule has 1 aliphatic heterocycles. The Morgan fingerprint density at radius 2 is 2.00 bits per heavy atom. The van der Waals surface area contributed by atoms with Crippen molar-refractivity contribution < 1.29 is 9.53 Å². The van der Waals surface area contributed by atoms with Crippen LogP contribution in [0.15, 0.2) is 53.5 Å². The van der Waals surface area contributed by atoms with Crippen LogP contribution in [0.3, 0.4) is 0 Å². The number of hydrogen-bond donors (Lipinski definition) is 2. The average molecular weight is 351 g/mol. The first-order chi connectivity index (χ1) is 12.6. The summed E-state index contributed by atoms with van der Waals surface area (Å²) in [6.45, 7) is 5.38. The third-order valence-corrected chi connectivity index (χ3v) is 4.39. The standard InChI is InChI=1S/C21H25N3O2/c1-15-10-11-16(2)19(13-15)23-21(22-14-18-9-6-12-26-18)24-20(25)17-7-4-3-5-8-17/h3-5,7-8,10-11,13,18H,6,9,12,14H2,1-2H3,(H2,22,23,24,25)/t18-/m0/s1. The maximum atomic E-state index is 12.5. The van der Waals surface area contributed by atoms with E-state index in [4.69, 9.17) is 4.74 Å². The minimum Gasteiger partial charge on any atom is -0.376 e. The normalized spacial score (nSPS) is 17.2. The fourth-order valence-corrected chi connectivity index (χ4v) is 2.86. The summed E-state index contributed by atoms with van der Waals surface area (Å²) < 4.78 is 5.64. The van der Waals surface area contributed by atoms with E-state index < -0.39 is 0 Å². The van der Waals surface area contributed by atoms with Gasteiger partial charge in [-0.15, -0.1) is 0 Å². The Labute approximate surface area is 154 Å². The molecule has 1 saturated heterocycles. The van der Waals surface area contributed by atoms with Crippen molar-refractivity contribution in [2.75, 3.05) is 18.5 Å². The summed E-state index contributed by atoms with van der Waals surface area (Å²) in [7, 11) is 0. The molecule has 1 heterocycles. The Morgan fingerprint density at radius 3 is 2.73 bits per heavy atom. The molecule has 2 N–H and O–H groups in total. The summed E-state index contributed by atoms with van der Waals surface area (Å²) in [6, 6.07) is 15.3. The molecule has 1 aliphatic rings. The fraction of sp³-hybridized carbons (Fsp3) is 0.333. The van der Waals surface area contributed by atoms with Crippen LogP contribution in [-0.4, -0.2) is 31.1 Å². The lowest BCUT2D eigenvalue weighted by Crippen LogP contribution is -2.37. The molecule has 136 valence electrons. The van der Waals surface area contributed by atoms with Crippen LogP contribution < -0.4 is 10.6 Å². The molecule has 3 rings (SSSR count). The van der Waals surface area contributed by atoms with E-state index in [0.29, 0.717) is 18.1 Å². The van der Waals surface area contributed by atoms with Gasteiger partial charge in [0.15, 0.2) is 0 Å². The molecule has 5 nitrogen and oxygen atoms in total. The molecule has 2 aromatic rings. The first-order valence-electron chi connectivity index (χ1n) is 8.98. The van der Waals surface area contributed by atoms with Crippen LogP contribution in [0.2, 0.25) is 0 Å². The number of aliphatic imine (C=N–C) groups is 1. The van der Waals surface area contributed by atoms with Crippen LogP contribution in [0.1, 0.15) is 34.3 Å². The largest absolute Gasteiger partial charge is 0.376 e. The van der Waals surface area contributed by atoms with Gasteiger partial charge in [0.25, 0.3) is 5.91 Å². The van der Waals surface area contributed by atoms with Crippen molar-refractivity contribution in [2.45, 2.75) is 32.8 Å². The van der Waals surface area contributed by atoms with Crippen molar-refractivity contribution in [1.82, 2.24) is 5.32 Å². The van der Waals surface area contributed by atoms with Crippen LogP contribution in [-0.2, 0) is 4.74 Å². The SMILES string of the molecule is Cc1ccc(C)c(NC(=NC[C@@H]2CCCO2)NC(=O)c2ccccc2)c1. The maximum Gasteiger partial charge on any atom is 0.257 e. The number of benzene rings is 2. The minimum atomic E-state index is -0.186. The lowest BCUT2D eigenvalue weighted by Gasteiger charge is -2.15. The second kappa shape index (κ2) is 8.63. The summed E-state index contributed by atoms with van der Waals surface area (Å²) in [5.74, 6) is 0.262. The van der Waals surface area contributed by atoms with Crippen molar-refractivity contribution in [3.05, 3.63) is 65.2 Å². The number of hydrogen-bond acceptors (Lipinski definition) is 3. The average Bonchev–Trinajstić information content (AvgIpc) is 3.17. The number of amides is 1. The Morgan fingerprint density at radius 1 is 1.19 bits per heavy atom. The number of ether oxygens (including phenoxy) is 1. The number of aryl methyl sites for hydroxylation is 2. The van der Waals surface area contributed by atoms with Crippen LogP contribution in [0.5, 0.6) is 0 Å². The predicted octanol–water partition coefficient (Wildman–Crippen LogP) is 3.68. The molecule has 2 aromatic carbocycles. The molecule has 0 saturated carbocycles. The molecule has 1 atom stereocenters. The van der Waals surface area contributed by atoms with Crippen molar-refractivity contribution in [1.29, 1.82) is 0 Å². The molecule has 26 heavy (non-hydrogen) atoms. The van der Waals surface area contributed by atoms with E-state index in [1.165, 1.54) is 0 Å². The van der Waals surface area contributed by atoms with E-state index in [1.807, 2.05) is 44.2 Å². The number of rotatable bonds is 4. The molecule has 0 radical (unpaired) electrons. The second-order valence-electron chi connectivity index (χ2n) is 6.59. The lowest BCUT2D eigenvalue weighted by atomic mass is 10.1. The van der Waals surface area contributed by atoms with Crippen LogP contribution in [0, 0.1) is 13.8 Å². The highest BCUT2D eigenvalue weighted by atomic mass is 16.5. The van der Waals surface area contributed by atoms with E-state index in [0.717, 1.165) is 36.3 Å². The van der Waals surface area contributed by atoms with Gasteiger partial charge in [-0.2, -0.15) is 0 Å². The zero-order chi connectivity index (χ0) is 18.4. The summed E-state index contributed by atoms with van der Waals surface area (Å²) in [5, 5.41) is 6.17. The molecule has 1 amide bonds. The number of nitrogens with one attached hydrogen (secondary N) is 2. The van der Waals surface area contributed by atoms with Gasteiger partial charge in [-0.25, -0.2) is 4.99 Å². The smallest absolute Gasteiger partial charge is 0.257 e. The molecule has 1 fully saturated rings. The summed E-state index contributed by atoms with van der Waals surface area (Å²) in [4.78, 5) is 17.1. The highest BCUT2D eigenvalue weighted by Crippen LogP contribution is 2.17. The monoisotopic (exact) mass is 351 g/mol. The predicted molar refractivity (Wildman–Crippen MR) is 105 cm³/mol. The molecule has 5 heteroatoms. The van der Waals surface area contributed by atoms with E-state index in [2.05, 4.69) is 21.7 Å². The third kappa shape index (κ3) is 4.92. The molecule has 0 spiro atoms. The van der Waals surface area contributed by atoms with Gasteiger partial charge in [0.05, 0.1) is 12.6 Å². The highest BCUT2D eigenvalue weighted by molar-refractivity contribution is 6.10. The van der Waals surface area contributed by atoms with Crippen molar-refractivity contribution in [3.8, 4) is 0 Å². The van der Waals surface area contributed by atoms with Crippen molar-refractivity contribution in [2.24, 2.45) is 4.99 Å². The fourth-order valence-electron chi connectivity index (χ4n) is 2.86. The maximum absolute atomic E-state index is 12.5. The van der Waals surface area contributed by atoms with Gasteiger partial charge in [-0.1, -0.05) is 30.3 Å². The van der Waals surface area contributed by atoms with Crippen LogP contribution >= 0.6 is 0 Å². The summed E-state index contributed by atoms with van der Waals surface area (Å²) in [6.07, 6.45) is 2.20. The molecule has 0 aromatic heterocycles. The third-order valence-electron chi connectivity index (χ3n) is 4.39. The Balaban J connectivity index is 1.77. The Hall–Kier alpha value is -2.66. The molecular formula is C21H25N3O2. The first kappa shape index (κ1) is 18.1. The van der Waals surface area contributed by atoms with Crippen molar-refractivity contribution >= 4 is 17.6 Å². The second-order valence-corrected chi connectivity index (χ2v) is 6.59. The number of guanidine groups is 1. The van der Waals surface area contributed by atoms with E-state index in [1.54, 1.807) is 12.1 Å². The van der Waals surface area contributed by atoms with Gasteiger partial charge >= 0.3 is 0 Å².